The van der Waals surface area contributed by atoms with Gasteiger partial charge in [0, 0.05) is 12.3 Å². The number of fused-ring (bicyclic) bond motifs is 1. The van der Waals surface area contributed by atoms with E-state index in [0.717, 1.165) is 19.4 Å². The van der Waals surface area contributed by atoms with Crippen molar-refractivity contribution in [2.24, 2.45) is 0 Å². The van der Waals surface area contributed by atoms with Crippen LogP contribution >= 0.6 is 12.6 Å². The van der Waals surface area contributed by atoms with Crippen LogP contribution in [0.2, 0.25) is 0 Å². The highest BCUT2D eigenvalue weighted by Gasteiger charge is 2.22. The molecule has 118 valence electrons. The first-order valence-electron chi connectivity index (χ1n) is 7.28. The molecular formula is C15H14FN5OS. The average Bonchev–Trinajstić information content (AvgIpc) is 3.18. The van der Waals surface area contributed by atoms with E-state index in [1.54, 1.807) is 18.5 Å². The first kappa shape index (κ1) is 14.4. The lowest BCUT2D eigenvalue weighted by Crippen LogP contribution is -2.07. The Labute approximate surface area is 137 Å². The fraction of sp³-hybridized carbons (Fsp3) is 0.267. The number of benzene rings is 1. The Kier molecular flexibility index (Phi) is 3.62. The van der Waals surface area contributed by atoms with Crippen molar-refractivity contribution < 1.29 is 9.13 Å². The highest BCUT2D eigenvalue weighted by atomic mass is 32.1. The molecule has 1 saturated heterocycles. The predicted molar refractivity (Wildman–Crippen MR) is 86.5 cm³/mol. The van der Waals surface area contributed by atoms with E-state index < -0.39 is 0 Å². The molecule has 0 radical (unpaired) electrons. The lowest BCUT2D eigenvalue weighted by atomic mass is 10.3. The standard InChI is InChI=1S/C15H14FN5OS/c16-9-3-5-10(6-4-9)18-13-12-14(20-15(23)19-13)21(8-17-12)11-2-1-7-22-11/h3-6,8,11H,1-2,7H2,(H2,18,19,20,23). The van der Waals surface area contributed by atoms with E-state index in [9.17, 15) is 4.39 Å². The molecule has 1 fully saturated rings. The number of rotatable bonds is 3. The van der Waals surface area contributed by atoms with Crippen molar-refractivity contribution in [1.29, 1.82) is 0 Å². The third kappa shape index (κ3) is 2.75. The van der Waals surface area contributed by atoms with Crippen molar-refractivity contribution in [1.82, 2.24) is 19.5 Å². The minimum absolute atomic E-state index is 0.0543. The van der Waals surface area contributed by atoms with Crippen molar-refractivity contribution in [3.63, 3.8) is 0 Å². The molecule has 1 unspecified atom stereocenters. The summed E-state index contributed by atoms with van der Waals surface area (Å²) in [6.07, 6.45) is 3.60. The van der Waals surface area contributed by atoms with Gasteiger partial charge in [0.15, 0.2) is 22.1 Å². The highest BCUT2D eigenvalue weighted by molar-refractivity contribution is 7.80. The van der Waals surface area contributed by atoms with Crippen molar-refractivity contribution in [3.05, 3.63) is 36.4 Å². The lowest BCUT2D eigenvalue weighted by Gasteiger charge is -2.12. The molecule has 0 saturated carbocycles. The van der Waals surface area contributed by atoms with Crippen LogP contribution in [0.25, 0.3) is 11.2 Å². The number of hydrogen-bond donors (Lipinski definition) is 2. The van der Waals surface area contributed by atoms with Crippen LogP contribution in [0.15, 0.2) is 35.7 Å². The van der Waals surface area contributed by atoms with Gasteiger partial charge < -0.3 is 10.1 Å². The molecule has 2 aromatic heterocycles. The molecule has 3 heterocycles. The maximum atomic E-state index is 13.0. The normalized spacial score (nSPS) is 17.7. The number of hydrogen-bond acceptors (Lipinski definition) is 6. The molecule has 1 aliphatic heterocycles. The summed E-state index contributed by atoms with van der Waals surface area (Å²) in [6, 6.07) is 6.04. The van der Waals surface area contributed by atoms with Crippen LogP contribution in [0.5, 0.6) is 0 Å². The first-order chi connectivity index (χ1) is 11.2. The smallest absolute Gasteiger partial charge is 0.188 e. The van der Waals surface area contributed by atoms with Crippen LogP contribution in [0.3, 0.4) is 0 Å². The van der Waals surface area contributed by atoms with E-state index in [4.69, 9.17) is 4.74 Å². The van der Waals surface area contributed by atoms with E-state index in [-0.39, 0.29) is 12.0 Å². The third-order valence-electron chi connectivity index (χ3n) is 3.73. The first-order valence-corrected chi connectivity index (χ1v) is 7.73. The van der Waals surface area contributed by atoms with Gasteiger partial charge >= 0.3 is 0 Å². The van der Waals surface area contributed by atoms with Gasteiger partial charge in [-0.1, -0.05) is 0 Å². The highest BCUT2D eigenvalue weighted by Crippen LogP contribution is 2.29. The number of aromatic nitrogens is 4. The molecule has 3 aromatic rings. The molecule has 0 amide bonds. The number of imidazole rings is 1. The van der Waals surface area contributed by atoms with Crippen LogP contribution in [-0.4, -0.2) is 26.1 Å². The number of anilines is 2. The Morgan fingerprint density at radius 3 is 2.83 bits per heavy atom. The molecule has 1 atom stereocenters. The summed E-state index contributed by atoms with van der Waals surface area (Å²) >= 11 is 4.27. The zero-order valence-electron chi connectivity index (χ0n) is 12.1. The minimum Gasteiger partial charge on any atom is -0.358 e. The number of halogens is 1. The van der Waals surface area contributed by atoms with Crippen LogP contribution < -0.4 is 5.32 Å². The minimum atomic E-state index is -0.291. The second-order valence-electron chi connectivity index (χ2n) is 5.30. The molecular weight excluding hydrogens is 317 g/mol. The van der Waals surface area contributed by atoms with Crippen molar-refractivity contribution >= 4 is 35.3 Å². The van der Waals surface area contributed by atoms with Crippen LogP contribution in [0.1, 0.15) is 19.1 Å². The molecule has 0 spiro atoms. The fourth-order valence-electron chi connectivity index (χ4n) is 2.65. The molecule has 0 bridgehead atoms. The maximum absolute atomic E-state index is 13.0. The molecule has 0 aliphatic carbocycles. The van der Waals surface area contributed by atoms with E-state index >= 15 is 0 Å². The van der Waals surface area contributed by atoms with Gasteiger partial charge in [-0.3, -0.25) is 4.57 Å². The lowest BCUT2D eigenvalue weighted by molar-refractivity contribution is 0.0592. The fourth-order valence-corrected chi connectivity index (χ4v) is 2.85. The van der Waals surface area contributed by atoms with E-state index in [0.29, 0.717) is 27.8 Å². The third-order valence-corrected chi connectivity index (χ3v) is 3.93. The van der Waals surface area contributed by atoms with Gasteiger partial charge in [-0.2, -0.15) is 0 Å². The quantitative estimate of drug-likeness (QED) is 0.569. The van der Waals surface area contributed by atoms with E-state index in [1.165, 1.54) is 12.1 Å². The number of nitrogens with one attached hydrogen (secondary N) is 1. The van der Waals surface area contributed by atoms with Gasteiger partial charge in [0.2, 0.25) is 0 Å². The van der Waals surface area contributed by atoms with Gasteiger partial charge in [-0.05, 0) is 37.1 Å². The average molecular weight is 331 g/mol. The number of nitrogens with zero attached hydrogens (tertiary/aromatic N) is 4. The Hall–Kier alpha value is -2.19. The summed E-state index contributed by atoms with van der Waals surface area (Å²) in [5.41, 5.74) is 2.01. The Bertz CT molecular complexity index is 845. The topological polar surface area (TPSA) is 64.9 Å². The van der Waals surface area contributed by atoms with Gasteiger partial charge in [0.05, 0.1) is 6.33 Å². The summed E-state index contributed by atoms with van der Waals surface area (Å²) in [7, 11) is 0. The van der Waals surface area contributed by atoms with Crippen LogP contribution in [0.4, 0.5) is 15.9 Å². The van der Waals surface area contributed by atoms with Gasteiger partial charge in [0.1, 0.15) is 12.0 Å². The summed E-state index contributed by atoms with van der Waals surface area (Å²) < 4.78 is 20.6. The number of thiol groups is 1. The molecule has 4 rings (SSSR count). The van der Waals surface area contributed by atoms with Crippen molar-refractivity contribution in [3.8, 4) is 0 Å². The summed E-state index contributed by atoms with van der Waals surface area (Å²) in [6.45, 7) is 0.740. The molecule has 1 N–H and O–H groups in total. The Morgan fingerprint density at radius 1 is 1.26 bits per heavy atom. The molecule has 6 nitrogen and oxygen atoms in total. The largest absolute Gasteiger partial charge is 0.358 e. The van der Waals surface area contributed by atoms with Gasteiger partial charge in [0.25, 0.3) is 0 Å². The van der Waals surface area contributed by atoms with E-state index in [2.05, 4.69) is 32.9 Å². The predicted octanol–water partition coefficient (Wildman–Crippen LogP) is 3.31. The molecule has 23 heavy (non-hydrogen) atoms. The van der Waals surface area contributed by atoms with Crippen molar-refractivity contribution in [2.75, 3.05) is 11.9 Å². The number of ether oxygens (including phenoxy) is 1. The molecule has 8 heteroatoms. The molecule has 1 aliphatic rings. The summed E-state index contributed by atoms with van der Waals surface area (Å²) in [5, 5.41) is 3.47. The Balaban J connectivity index is 1.75. The molecule has 1 aromatic carbocycles. The van der Waals surface area contributed by atoms with Gasteiger partial charge in [-0.25, -0.2) is 19.3 Å². The zero-order valence-corrected chi connectivity index (χ0v) is 13.0. The second-order valence-corrected chi connectivity index (χ2v) is 5.70. The summed E-state index contributed by atoms with van der Waals surface area (Å²) in [5.74, 6) is 0.240. The van der Waals surface area contributed by atoms with Crippen molar-refractivity contribution in [2.45, 2.75) is 24.2 Å². The van der Waals surface area contributed by atoms with E-state index in [1.807, 2.05) is 4.57 Å². The van der Waals surface area contributed by atoms with Gasteiger partial charge in [-0.15, -0.1) is 12.6 Å². The zero-order chi connectivity index (χ0) is 15.8. The maximum Gasteiger partial charge on any atom is 0.188 e. The Morgan fingerprint density at radius 2 is 2.09 bits per heavy atom. The summed E-state index contributed by atoms with van der Waals surface area (Å²) in [4.78, 5) is 13.1. The SMILES string of the molecule is Fc1ccc(Nc2nc(S)nc3c2ncn3C2CCCO2)cc1. The second kappa shape index (κ2) is 5.78. The monoisotopic (exact) mass is 331 g/mol. The van der Waals surface area contributed by atoms with Crippen LogP contribution in [0, 0.1) is 5.82 Å². The van der Waals surface area contributed by atoms with Crippen LogP contribution in [-0.2, 0) is 4.74 Å².